The van der Waals surface area contributed by atoms with Gasteiger partial charge in [-0.25, -0.2) is 8.42 Å². The van der Waals surface area contributed by atoms with Crippen LogP contribution in [0.25, 0.3) is 0 Å². The number of nitrogens with one attached hydrogen (secondary N) is 1. The van der Waals surface area contributed by atoms with Crippen molar-refractivity contribution < 1.29 is 13.3 Å². The Morgan fingerprint density at radius 1 is 1.11 bits per heavy atom. The third-order valence-electron chi connectivity index (χ3n) is 5.97. The zero-order chi connectivity index (χ0) is 19.6. The molecular weight excluding hydrogens is 366 g/mol. The molecule has 2 fully saturated rings. The standard InChI is InChI=1S/C19H29N3O4S/c1-14-10-12-21(13-11-14)16-8-6-15(7-9-16)20-17-4-3-5-18(27(2,25)26)19(17)22(23)24/h3-5,14-16,20H,6-13H2,1-2H3. The molecule has 0 bridgehead atoms. The highest BCUT2D eigenvalue weighted by Crippen LogP contribution is 2.35. The lowest BCUT2D eigenvalue weighted by molar-refractivity contribution is -0.386. The Hall–Kier alpha value is -1.67. The van der Waals surface area contributed by atoms with Crippen molar-refractivity contribution in [3.8, 4) is 0 Å². The Kier molecular flexibility index (Phi) is 6.05. The van der Waals surface area contributed by atoms with E-state index >= 15 is 0 Å². The molecule has 0 unspecified atom stereocenters. The largest absolute Gasteiger partial charge is 0.377 e. The fraction of sp³-hybridized carbons (Fsp3) is 0.684. The van der Waals surface area contributed by atoms with E-state index in [1.807, 2.05) is 0 Å². The van der Waals surface area contributed by atoms with Crippen molar-refractivity contribution in [2.45, 2.75) is 62.4 Å². The van der Waals surface area contributed by atoms with E-state index in [0.717, 1.165) is 37.9 Å². The number of nitrogens with zero attached hydrogens (tertiary/aromatic N) is 2. The molecule has 8 heteroatoms. The highest BCUT2D eigenvalue weighted by Gasteiger charge is 2.31. The summed E-state index contributed by atoms with van der Waals surface area (Å²) in [6, 6.07) is 5.20. The average molecular weight is 396 g/mol. The minimum Gasteiger partial charge on any atom is -0.377 e. The maximum Gasteiger partial charge on any atom is 0.310 e. The summed E-state index contributed by atoms with van der Waals surface area (Å²) >= 11 is 0. The van der Waals surface area contributed by atoms with Gasteiger partial charge in [0.1, 0.15) is 10.6 Å². The van der Waals surface area contributed by atoms with Crippen molar-refractivity contribution in [2.75, 3.05) is 24.7 Å². The summed E-state index contributed by atoms with van der Waals surface area (Å²) in [6.45, 7) is 4.66. The Labute approximate surface area is 161 Å². The second-order valence-electron chi connectivity index (χ2n) is 8.05. The molecule has 0 spiro atoms. The van der Waals surface area contributed by atoms with Crippen LogP contribution in [0.5, 0.6) is 0 Å². The summed E-state index contributed by atoms with van der Waals surface area (Å²) in [7, 11) is -3.66. The number of hydrogen-bond donors (Lipinski definition) is 1. The van der Waals surface area contributed by atoms with Crippen LogP contribution in [0.4, 0.5) is 11.4 Å². The summed E-state index contributed by atoms with van der Waals surface area (Å²) in [5.74, 6) is 0.821. The van der Waals surface area contributed by atoms with E-state index in [2.05, 4.69) is 17.1 Å². The molecule has 1 heterocycles. The van der Waals surface area contributed by atoms with Crippen molar-refractivity contribution in [2.24, 2.45) is 5.92 Å². The first-order valence-electron chi connectivity index (χ1n) is 9.73. The molecule has 1 aromatic rings. The smallest absolute Gasteiger partial charge is 0.310 e. The van der Waals surface area contributed by atoms with Gasteiger partial charge in [-0.05, 0) is 69.7 Å². The number of nitro benzene ring substituents is 1. The molecule has 1 saturated carbocycles. The van der Waals surface area contributed by atoms with E-state index in [9.17, 15) is 18.5 Å². The fourth-order valence-corrected chi connectivity index (χ4v) is 5.19. The van der Waals surface area contributed by atoms with Crippen LogP contribution in [-0.4, -0.2) is 49.7 Å². The molecular formula is C19H29N3O4S. The van der Waals surface area contributed by atoms with Gasteiger partial charge in [0.05, 0.1) is 4.92 Å². The van der Waals surface area contributed by atoms with Gasteiger partial charge in [-0.3, -0.25) is 10.1 Å². The Bertz CT molecular complexity index is 780. The van der Waals surface area contributed by atoms with Gasteiger partial charge >= 0.3 is 5.69 Å². The van der Waals surface area contributed by atoms with Crippen LogP contribution in [0.1, 0.15) is 45.4 Å². The average Bonchev–Trinajstić information content (AvgIpc) is 2.62. The van der Waals surface area contributed by atoms with E-state index < -0.39 is 14.8 Å². The van der Waals surface area contributed by atoms with Crippen LogP contribution in [0.15, 0.2) is 23.1 Å². The van der Waals surface area contributed by atoms with Crippen LogP contribution in [0, 0.1) is 16.0 Å². The monoisotopic (exact) mass is 395 g/mol. The molecule has 0 aromatic heterocycles. The topological polar surface area (TPSA) is 92.6 Å². The molecule has 1 aromatic carbocycles. The first-order chi connectivity index (χ1) is 12.8. The molecule has 0 radical (unpaired) electrons. The molecule has 1 aliphatic heterocycles. The third-order valence-corrected chi connectivity index (χ3v) is 7.10. The lowest BCUT2D eigenvalue weighted by atomic mass is 9.88. The van der Waals surface area contributed by atoms with Crippen molar-refractivity contribution in [1.82, 2.24) is 4.90 Å². The quantitative estimate of drug-likeness (QED) is 0.606. The van der Waals surface area contributed by atoms with Gasteiger partial charge in [0.25, 0.3) is 0 Å². The lowest BCUT2D eigenvalue weighted by Gasteiger charge is -2.40. The maximum absolute atomic E-state index is 11.9. The van der Waals surface area contributed by atoms with E-state index in [1.165, 1.54) is 32.0 Å². The molecule has 1 N–H and O–H groups in total. The summed E-state index contributed by atoms with van der Waals surface area (Å²) in [5, 5.41) is 14.8. The molecule has 150 valence electrons. The Balaban J connectivity index is 1.66. The van der Waals surface area contributed by atoms with Gasteiger partial charge in [0, 0.05) is 18.3 Å². The summed E-state index contributed by atoms with van der Waals surface area (Å²) in [5.41, 5.74) is -0.0367. The van der Waals surface area contributed by atoms with Crippen LogP contribution >= 0.6 is 0 Å². The predicted octanol–water partition coefficient (Wildman–Crippen LogP) is 3.45. The predicted molar refractivity (Wildman–Crippen MR) is 106 cm³/mol. The van der Waals surface area contributed by atoms with Crippen molar-refractivity contribution >= 4 is 21.2 Å². The number of likely N-dealkylation sites (tertiary alicyclic amines) is 1. The van der Waals surface area contributed by atoms with Gasteiger partial charge in [-0.1, -0.05) is 13.0 Å². The van der Waals surface area contributed by atoms with Crippen LogP contribution in [-0.2, 0) is 9.84 Å². The first kappa shape index (κ1) is 20.1. The molecule has 3 rings (SSSR count). The summed E-state index contributed by atoms with van der Waals surface area (Å²) in [4.78, 5) is 13.3. The molecule has 1 saturated heterocycles. The molecule has 1 aliphatic carbocycles. The second kappa shape index (κ2) is 8.14. The lowest BCUT2D eigenvalue weighted by Crippen LogP contribution is -2.44. The number of sulfone groups is 1. The molecule has 27 heavy (non-hydrogen) atoms. The number of nitro groups is 1. The Morgan fingerprint density at radius 3 is 2.30 bits per heavy atom. The SMILES string of the molecule is CC1CCN(C2CCC(Nc3cccc(S(C)(=O)=O)c3[N+](=O)[O-])CC2)CC1. The number of anilines is 1. The van der Waals surface area contributed by atoms with Crippen LogP contribution in [0.2, 0.25) is 0 Å². The molecule has 0 atom stereocenters. The van der Waals surface area contributed by atoms with E-state index in [-0.39, 0.29) is 16.6 Å². The zero-order valence-corrected chi connectivity index (χ0v) is 16.9. The van der Waals surface area contributed by atoms with Crippen molar-refractivity contribution in [3.05, 3.63) is 28.3 Å². The number of para-hydroxylation sites is 1. The van der Waals surface area contributed by atoms with Gasteiger partial charge in [0.2, 0.25) is 0 Å². The second-order valence-corrected chi connectivity index (χ2v) is 10.0. The number of benzene rings is 1. The molecule has 2 aliphatic rings. The third kappa shape index (κ3) is 4.79. The minimum atomic E-state index is -3.66. The normalized spacial score (nSPS) is 25.3. The number of piperidine rings is 1. The van der Waals surface area contributed by atoms with Gasteiger partial charge in [-0.2, -0.15) is 0 Å². The number of rotatable bonds is 5. The molecule has 7 nitrogen and oxygen atoms in total. The van der Waals surface area contributed by atoms with Crippen molar-refractivity contribution in [1.29, 1.82) is 0 Å². The van der Waals surface area contributed by atoms with Crippen molar-refractivity contribution in [3.63, 3.8) is 0 Å². The maximum atomic E-state index is 11.9. The van der Waals surface area contributed by atoms with Crippen LogP contribution < -0.4 is 5.32 Å². The van der Waals surface area contributed by atoms with Gasteiger partial charge in [0.15, 0.2) is 9.84 Å². The highest BCUT2D eigenvalue weighted by molar-refractivity contribution is 7.90. The van der Waals surface area contributed by atoms with Crippen LogP contribution in [0.3, 0.4) is 0 Å². The zero-order valence-electron chi connectivity index (χ0n) is 16.1. The highest BCUT2D eigenvalue weighted by atomic mass is 32.2. The Morgan fingerprint density at radius 2 is 1.74 bits per heavy atom. The first-order valence-corrected chi connectivity index (χ1v) is 11.6. The minimum absolute atomic E-state index is 0.137. The summed E-state index contributed by atoms with van der Waals surface area (Å²) < 4.78 is 23.8. The van der Waals surface area contributed by atoms with E-state index in [4.69, 9.17) is 0 Å². The number of hydrogen-bond acceptors (Lipinski definition) is 6. The van der Waals surface area contributed by atoms with E-state index in [0.29, 0.717) is 11.7 Å². The summed E-state index contributed by atoms with van der Waals surface area (Å²) in [6.07, 6.45) is 7.57. The molecule has 0 amide bonds. The van der Waals surface area contributed by atoms with Gasteiger partial charge < -0.3 is 10.2 Å². The fourth-order valence-electron chi connectivity index (χ4n) is 4.33. The van der Waals surface area contributed by atoms with E-state index in [1.54, 1.807) is 12.1 Å². The van der Waals surface area contributed by atoms with Gasteiger partial charge in [-0.15, -0.1) is 0 Å².